The summed E-state index contributed by atoms with van der Waals surface area (Å²) in [6, 6.07) is 13.2. The van der Waals surface area contributed by atoms with Crippen molar-refractivity contribution in [2.45, 2.75) is 26.3 Å². The first kappa shape index (κ1) is 14.5. The van der Waals surface area contributed by atoms with Gasteiger partial charge in [-0.3, -0.25) is 4.79 Å². The van der Waals surface area contributed by atoms with Gasteiger partial charge in [-0.1, -0.05) is 55.8 Å². The lowest BCUT2D eigenvalue weighted by molar-refractivity contribution is 0.0946. The van der Waals surface area contributed by atoms with Gasteiger partial charge in [0, 0.05) is 6.54 Å². The Morgan fingerprint density at radius 2 is 1.90 bits per heavy atom. The highest BCUT2D eigenvalue weighted by molar-refractivity contribution is 6.29. The summed E-state index contributed by atoms with van der Waals surface area (Å²) >= 11 is 5.76. The molecule has 0 aliphatic rings. The molecule has 1 heterocycles. The second-order valence-corrected chi connectivity index (χ2v) is 5.31. The molecular weight excluding hydrogens is 272 g/mol. The summed E-state index contributed by atoms with van der Waals surface area (Å²) in [5, 5.41) is 3.15. The zero-order valence-electron chi connectivity index (χ0n) is 11.6. The molecule has 2 rings (SSSR count). The molecule has 0 atom stereocenters. The van der Waals surface area contributed by atoms with Gasteiger partial charge < -0.3 is 5.32 Å². The Labute approximate surface area is 124 Å². The van der Waals surface area contributed by atoms with Crippen LogP contribution < -0.4 is 5.32 Å². The van der Waals surface area contributed by atoms with Crippen LogP contribution in [0.3, 0.4) is 0 Å². The Hall–Kier alpha value is -1.87. The highest BCUT2D eigenvalue weighted by Gasteiger charge is 2.07. The number of benzene rings is 1. The molecule has 4 heteroatoms. The van der Waals surface area contributed by atoms with Crippen molar-refractivity contribution in [1.82, 2.24) is 10.3 Å². The number of pyridine rings is 1. The van der Waals surface area contributed by atoms with Gasteiger partial charge in [0.15, 0.2) is 0 Å². The lowest BCUT2D eigenvalue weighted by Gasteiger charge is -2.08. The molecule has 0 aliphatic carbocycles. The zero-order chi connectivity index (χ0) is 14.5. The molecule has 0 saturated heterocycles. The first-order valence-electron chi connectivity index (χ1n) is 6.56. The molecule has 104 valence electrons. The first-order valence-corrected chi connectivity index (χ1v) is 6.93. The molecule has 0 spiro atoms. The van der Waals surface area contributed by atoms with E-state index in [1.165, 1.54) is 5.56 Å². The van der Waals surface area contributed by atoms with Crippen molar-refractivity contribution in [2.75, 3.05) is 0 Å². The van der Waals surface area contributed by atoms with Crippen LogP contribution in [0.15, 0.2) is 42.5 Å². The average Bonchev–Trinajstić information content (AvgIpc) is 2.45. The lowest BCUT2D eigenvalue weighted by atomic mass is 10.0. The third-order valence-corrected chi connectivity index (χ3v) is 3.26. The van der Waals surface area contributed by atoms with Gasteiger partial charge in [0.1, 0.15) is 10.8 Å². The second-order valence-electron chi connectivity index (χ2n) is 4.92. The Bertz CT molecular complexity index is 594. The van der Waals surface area contributed by atoms with Gasteiger partial charge in [-0.05, 0) is 29.2 Å². The third-order valence-electron chi connectivity index (χ3n) is 3.05. The summed E-state index contributed by atoms with van der Waals surface area (Å²) in [5.74, 6) is 0.287. The summed E-state index contributed by atoms with van der Waals surface area (Å²) in [7, 11) is 0. The van der Waals surface area contributed by atoms with Crippen molar-refractivity contribution >= 4 is 17.5 Å². The fourth-order valence-corrected chi connectivity index (χ4v) is 1.99. The van der Waals surface area contributed by atoms with Crippen LogP contribution in [0, 0.1) is 0 Å². The predicted octanol–water partition coefficient (Wildman–Crippen LogP) is 3.79. The monoisotopic (exact) mass is 288 g/mol. The Kier molecular flexibility index (Phi) is 4.74. The van der Waals surface area contributed by atoms with Crippen molar-refractivity contribution in [3.63, 3.8) is 0 Å². The van der Waals surface area contributed by atoms with E-state index in [-0.39, 0.29) is 5.91 Å². The van der Waals surface area contributed by atoms with Crippen LogP contribution in [0.25, 0.3) is 0 Å². The van der Waals surface area contributed by atoms with E-state index < -0.39 is 0 Å². The van der Waals surface area contributed by atoms with Crippen molar-refractivity contribution in [1.29, 1.82) is 0 Å². The number of rotatable bonds is 4. The molecule has 0 aliphatic heterocycles. The minimum Gasteiger partial charge on any atom is -0.347 e. The normalized spacial score (nSPS) is 10.6. The molecule has 20 heavy (non-hydrogen) atoms. The molecule has 0 fully saturated rings. The summed E-state index contributed by atoms with van der Waals surface area (Å²) in [4.78, 5) is 15.9. The number of carbonyl (C=O) groups is 1. The summed E-state index contributed by atoms with van der Waals surface area (Å²) < 4.78 is 0. The standard InChI is InChI=1S/C16H17ClN2O/c1-11(2)13-8-6-12(7-9-13)10-18-16(20)14-4-3-5-15(17)19-14/h3-9,11H,10H2,1-2H3,(H,18,20). The number of carbonyl (C=O) groups excluding carboxylic acids is 1. The van der Waals surface area contributed by atoms with Crippen LogP contribution in [0.4, 0.5) is 0 Å². The van der Waals surface area contributed by atoms with Crippen LogP contribution in [-0.2, 0) is 6.54 Å². The van der Waals surface area contributed by atoms with Crippen molar-refractivity contribution in [3.05, 3.63) is 64.4 Å². The summed E-state index contributed by atoms with van der Waals surface area (Å²) in [6.45, 7) is 4.79. The van der Waals surface area contributed by atoms with Gasteiger partial charge in [-0.2, -0.15) is 0 Å². The second kappa shape index (κ2) is 6.53. The minimum atomic E-state index is -0.222. The van der Waals surface area contributed by atoms with Gasteiger partial charge >= 0.3 is 0 Å². The van der Waals surface area contributed by atoms with Gasteiger partial charge in [-0.25, -0.2) is 4.98 Å². The van der Waals surface area contributed by atoms with E-state index in [4.69, 9.17) is 11.6 Å². The number of halogens is 1. The number of nitrogens with zero attached hydrogens (tertiary/aromatic N) is 1. The Morgan fingerprint density at radius 1 is 1.20 bits per heavy atom. The highest BCUT2D eigenvalue weighted by atomic mass is 35.5. The van der Waals surface area contributed by atoms with Gasteiger partial charge in [0.25, 0.3) is 5.91 Å². The zero-order valence-corrected chi connectivity index (χ0v) is 12.3. The van der Waals surface area contributed by atoms with Crippen molar-refractivity contribution in [2.24, 2.45) is 0 Å². The van der Waals surface area contributed by atoms with Crippen LogP contribution in [-0.4, -0.2) is 10.9 Å². The van der Waals surface area contributed by atoms with E-state index in [1.54, 1.807) is 18.2 Å². The fourth-order valence-electron chi connectivity index (χ4n) is 1.83. The number of aromatic nitrogens is 1. The molecule has 1 amide bonds. The van der Waals surface area contributed by atoms with Gasteiger partial charge in [-0.15, -0.1) is 0 Å². The molecular formula is C16H17ClN2O. The maximum Gasteiger partial charge on any atom is 0.270 e. The number of hydrogen-bond donors (Lipinski definition) is 1. The Balaban J connectivity index is 1.96. The van der Waals surface area contributed by atoms with Crippen LogP contribution in [0.5, 0.6) is 0 Å². The molecule has 0 bridgehead atoms. The van der Waals surface area contributed by atoms with Gasteiger partial charge in [0.05, 0.1) is 0 Å². The van der Waals surface area contributed by atoms with E-state index >= 15 is 0 Å². The van der Waals surface area contributed by atoms with E-state index in [2.05, 4.69) is 36.3 Å². The molecule has 3 nitrogen and oxygen atoms in total. The lowest BCUT2D eigenvalue weighted by Crippen LogP contribution is -2.23. The molecule has 0 unspecified atom stereocenters. The Morgan fingerprint density at radius 3 is 2.50 bits per heavy atom. The van der Waals surface area contributed by atoms with Crippen molar-refractivity contribution < 1.29 is 4.79 Å². The molecule has 1 N–H and O–H groups in total. The van der Waals surface area contributed by atoms with E-state index in [0.29, 0.717) is 23.3 Å². The van der Waals surface area contributed by atoms with Crippen LogP contribution in [0.2, 0.25) is 5.15 Å². The smallest absolute Gasteiger partial charge is 0.270 e. The van der Waals surface area contributed by atoms with Gasteiger partial charge in [0.2, 0.25) is 0 Å². The molecule has 0 radical (unpaired) electrons. The number of nitrogens with one attached hydrogen (secondary N) is 1. The number of hydrogen-bond acceptors (Lipinski definition) is 2. The molecule has 1 aromatic carbocycles. The van der Waals surface area contributed by atoms with E-state index in [9.17, 15) is 4.79 Å². The first-order chi connectivity index (χ1) is 9.56. The topological polar surface area (TPSA) is 42.0 Å². The minimum absolute atomic E-state index is 0.222. The highest BCUT2D eigenvalue weighted by Crippen LogP contribution is 2.14. The largest absolute Gasteiger partial charge is 0.347 e. The fraction of sp³-hybridized carbons (Fsp3) is 0.250. The molecule has 0 saturated carbocycles. The van der Waals surface area contributed by atoms with E-state index in [0.717, 1.165) is 5.56 Å². The van der Waals surface area contributed by atoms with E-state index in [1.807, 2.05) is 12.1 Å². The van der Waals surface area contributed by atoms with Crippen LogP contribution in [0.1, 0.15) is 41.4 Å². The van der Waals surface area contributed by atoms with Crippen LogP contribution >= 0.6 is 11.6 Å². The SMILES string of the molecule is CC(C)c1ccc(CNC(=O)c2cccc(Cl)n2)cc1. The molecule has 1 aromatic heterocycles. The molecule has 2 aromatic rings. The quantitative estimate of drug-likeness (QED) is 0.870. The average molecular weight is 289 g/mol. The maximum absolute atomic E-state index is 11.9. The summed E-state index contributed by atoms with van der Waals surface area (Å²) in [6.07, 6.45) is 0. The predicted molar refractivity (Wildman–Crippen MR) is 80.9 cm³/mol. The summed E-state index contributed by atoms with van der Waals surface area (Å²) in [5.41, 5.74) is 2.68. The van der Waals surface area contributed by atoms with Crippen molar-refractivity contribution in [3.8, 4) is 0 Å². The maximum atomic E-state index is 11.9. The number of amides is 1. The third kappa shape index (κ3) is 3.81.